The van der Waals surface area contributed by atoms with Crippen molar-refractivity contribution in [1.29, 1.82) is 0 Å². The van der Waals surface area contributed by atoms with E-state index in [-0.39, 0.29) is 42.2 Å². The van der Waals surface area contributed by atoms with E-state index in [1.165, 1.54) is 13.8 Å². The average Bonchev–Trinajstić information content (AvgIpc) is 3.64. The van der Waals surface area contributed by atoms with E-state index in [4.69, 9.17) is 10.5 Å². The second-order valence-electron chi connectivity index (χ2n) is 12.0. The first-order chi connectivity index (χ1) is 25.4. The Kier molecular flexibility index (Phi) is 16.4. The van der Waals surface area contributed by atoms with Gasteiger partial charge in [0.05, 0.1) is 34.5 Å². The number of aromatic nitrogens is 4. The number of methoxy groups -OCH3 is 1. The summed E-state index contributed by atoms with van der Waals surface area (Å²) < 4.78 is 64.7. The van der Waals surface area contributed by atoms with E-state index in [1.807, 2.05) is 0 Å². The maximum absolute atomic E-state index is 12.5. The Morgan fingerprint density at radius 1 is 1.07 bits per heavy atom. The van der Waals surface area contributed by atoms with Crippen molar-refractivity contribution in [3.05, 3.63) is 12.7 Å². The number of hydrogen-bond acceptors (Lipinski definition) is 24. The predicted octanol–water partition coefficient (Wildman–Crippen LogP) is -4.30. The Morgan fingerprint density at radius 2 is 1.75 bits per heavy atom. The molecule has 0 spiro atoms. The zero-order valence-corrected chi connectivity index (χ0v) is 32.4. The zero-order valence-electron chi connectivity index (χ0n) is 28.9. The van der Waals surface area contributed by atoms with Gasteiger partial charge >= 0.3 is 5.97 Å². The van der Waals surface area contributed by atoms with Crippen molar-refractivity contribution in [2.75, 3.05) is 44.9 Å². The Balaban J connectivity index is 1.49. The number of phosphoric ester groups is 3. The van der Waals surface area contributed by atoms with Crippen LogP contribution in [0.5, 0.6) is 0 Å². The molecule has 2 aromatic rings. The van der Waals surface area contributed by atoms with Crippen LogP contribution in [0.4, 0.5) is 5.82 Å². The third-order valence-electron chi connectivity index (χ3n) is 7.26. The van der Waals surface area contributed by atoms with Crippen molar-refractivity contribution in [1.82, 2.24) is 30.2 Å². The number of nitrogens with two attached hydrogens (primary N) is 1. The summed E-state index contributed by atoms with van der Waals surface area (Å²) >= 11 is 0.801. The second kappa shape index (κ2) is 19.5. The molecular formula is C25H36N7O19P3S-4. The zero-order chi connectivity index (χ0) is 41.4. The molecule has 2 amide bonds. The maximum Gasteiger partial charge on any atom is 0.313 e. The average molecular weight is 864 g/mol. The number of thioether (sulfide) groups is 1. The molecule has 2 unspecified atom stereocenters. The number of nitrogen functional groups attached to an aromatic ring is 1. The molecule has 0 bridgehead atoms. The number of rotatable bonds is 21. The summed E-state index contributed by atoms with van der Waals surface area (Å²) in [5.41, 5.74) is 4.01. The normalized spacial score (nSPS) is 21.7. The minimum atomic E-state index is -5.93. The SMILES string of the molecule is COC(=O)CC(=O)SCCNC(=O)CCNC(=O)[C@H](O)C(C)(C)COP(=O)([O-])OP(=O)([O-])OC[C@H]1O[C@@H](n2cnc3c(N)ncnc32)[C@H](O)[C@@H]1OP(=O)([O-])[O-]. The van der Waals surface area contributed by atoms with Crippen molar-refractivity contribution < 1.29 is 90.0 Å². The highest BCUT2D eigenvalue weighted by molar-refractivity contribution is 8.13. The van der Waals surface area contributed by atoms with E-state index in [0.29, 0.717) is 0 Å². The van der Waals surface area contributed by atoms with Crippen LogP contribution in [0.15, 0.2) is 12.7 Å². The molecule has 30 heteroatoms. The molecule has 1 aliphatic rings. The number of phosphoric acid groups is 3. The highest BCUT2D eigenvalue weighted by atomic mass is 32.2. The molecule has 1 aliphatic heterocycles. The highest BCUT2D eigenvalue weighted by Gasteiger charge is 2.47. The summed E-state index contributed by atoms with van der Waals surface area (Å²) in [5, 5.41) is 25.5. The summed E-state index contributed by atoms with van der Waals surface area (Å²) in [5.74, 6) is -2.22. The van der Waals surface area contributed by atoms with Gasteiger partial charge in [-0.25, -0.2) is 19.3 Å². The lowest BCUT2D eigenvalue weighted by atomic mass is 9.87. The number of carbonyl (C=O) groups excluding carboxylic acids is 4. The first-order valence-electron chi connectivity index (χ1n) is 15.5. The van der Waals surface area contributed by atoms with Crippen LogP contribution in [-0.4, -0.2) is 116 Å². The van der Waals surface area contributed by atoms with E-state index in [1.54, 1.807) is 0 Å². The molecule has 26 nitrogen and oxygen atoms in total. The molecule has 7 atom stereocenters. The van der Waals surface area contributed by atoms with Crippen LogP contribution in [0.25, 0.3) is 11.2 Å². The lowest BCUT2D eigenvalue weighted by Crippen LogP contribution is -2.46. The Hall–Kier alpha value is -2.97. The number of imidazole rings is 1. The van der Waals surface area contributed by atoms with Gasteiger partial charge in [0.15, 0.2) is 22.8 Å². The third kappa shape index (κ3) is 14.2. The van der Waals surface area contributed by atoms with Crippen molar-refractivity contribution in [2.24, 2.45) is 5.41 Å². The molecule has 55 heavy (non-hydrogen) atoms. The third-order valence-corrected chi connectivity index (χ3v) is 11.1. The van der Waals surface area contributed by atoms with Gasteiger partial charge in [0.1, 0.15) is 42.7 Å². The van der Waals surface area contributed by atoms with Crippen molar-refractivity contribution >= 4 is 75.1 Å². The molecule has 310 valence electrons. The number of nitrogens with zero attached hydrogens (tertiary/aromatic N) is 4. The van der Waals surface area contributed by atoms with Gasteiger partial charge in [0.25, 0.3) is 15.6 Å². The fraction of sp³-hybridized carbons (Fsp3) is 0.640. The van der Waals surface area contributed by atoms with Crippen LogP contribution in [-0.2, 0) is 60.2 Å². The molecular weight excluding hydrogens is 827 g/mol. The molecule has 1 fully saturated rings. The minimum Gasteiger partial charge on any atom is -0.790 e. The van der Waals surface area contributed by atoms with Crippen molar-refractivity contribution in [3.8, 4) is 0 Å². The lowest BCUT2D eigenvalue weighted by molar-refractivity contribution is -0.347. The predicted molar refractivity (Wildman–Crippen MR) is 175 cm³/mol. The van der Waals surface area contributed by atoms with Gasteiger partial charge in [-0.15, -0.1) is 0 Å². The van der Waals surface area contributed by atoms with E-state index in [9.17, 15) is 62.7 Å². The smallest absolute Gasteiger partial charge is 0.313 e. The van der Waals surface area contributed by atoms with Crippen molar-refractivity contribution in [3.63, 3.8) is 0 Å². The number of amides is 2. The quantitative estimate of drug-likeness (QED) is 0.0343. The van der Waals surface area contributed by atoms with Crippen molar-refractivity contribution in [2.45, 2.75) is 57.3 Å². The Bertz CT molecular complexity index is 1850. The summed E-state index contributed by atoms with van der Waals surface area (Å²) in [6.07, 6.45) is -8.17. The minimum absolute atomic E-state index is 0.0303. The second-order valence-corrected chi connectivity index (χ2v) is 17.2. The van der Waals surface area contributed by atoms with Crippen LogP contribution in [0.1, 0.15) is 32.9 Å². The molecule has 0 radical (unpaired) electrons. The van der Waals surface area contributed by atoms with Gasteiger partial charge in [-0.2, -0.15) is 0 Å². The van der Waals surface area contributed by atoms with Crippen LogP contribution in [0.3, 0.4) is 0 Å². The first kappa shape index (κ1) is 46.4. The summed E-state index contributed by atoms with van der Waals surface area (Å²) in [7, 11) is -16.5. The molecule has 0 saturated carbocycles. The maximum atomic E-state index is 12.5. The summed E-state index contributed by atoms with van der Waals surface area (Å²) in [4.78, 5) is 106. The van der Waals surface area contributed by atoms with Gasteiger partial charge in [-0.1, -0.05) is 25.6 Å². The number of esters is 1. The summed E-state index contributed by atoms with van der Waals surface area (Å²) in [6.45, 7) is -0.176. The van der Waals surface area contributed by atoms with Gasteiger partial charge in [0.2, 0.25) is 11.8 Å². The fourth-order valence-corrected chi connectivity index (χ4v) is 7.90. The number of ether oxygens (including phenoxy) is 2. The largest absolute Gasteiger partial charge is 0.790 e. The molecule has 1 saturated heterocycles. The molecule has 6 N–H and O–H groups in total. The van der Waals surface area contributed by atoms with Gasteiger partial charge in [-0.05, 0) is 0 Å². The topological polar surface area (TPSA) is 401 Å². The van der Waals surface area contributed by atoms with Crippen LogP contribution >= 0.6 is 35.2 Å². The molecule has 0 aliphatic carbocycles. The monoisotopic (exact) mass is 863 g/mol. The van der Waals surface area contributed by atoms with Crippen LogP contribution in [0.2, 0.25) is 0 Å². The molecule has 3 heterocycles. The van der Waals surface area contributed by atoms with Gasteiger partial charge in [-0.3, -0.25) is 32.9 Å². The van der Waals surface area contributed by atoms with Crippen LogP contribution in [0, 0.1) is 5.41 Å². The number of fused-ring (bicyclic) bond motifs is 1. The van der Waals surface area contributed by atoms with E-state index in [0.717, 1.165) is 36.1 Å². The van der Waals surface area contributed by atoms with E-state index in [2.05, 4.69) is 48.2 Å². The molecule has 2 aromatic heterocycles. The van der Waals surface area contributed by atoms with Gasteiger partial charge < -0.3 is 73.8 Å². The molecule has 3 rings (SSSR count). The van der Waals surface area contributed by atoms with Gasteiger partial charge in [0, 0.05) is 30.7 Å². The number of aliphatic hydroxyl groups excluding tert-OH is 2. The number of nitrogens with one attached hydrogen (secondary N) is 2. The number of aliphatic hydroxyl groups is 2. The van der Waals surface area contributed by atoms with Crippen LogP contribution < -0.4 is 35.9 Å². The standard InChI is InChI=1S/C25H40N7O19P3S/c1-25(2,20(37)23(38)28-5-4-14(33)27-6-7-55-16(35)8-15(34)46-3)10-48-54(44,45)51-53(42,43)47-9-13-19(50-52(39,40)41)18(36)24(49-13)32-12-31-17-21(26)29-11-30-22(17)32/h11-13,18-20,24,36-37H,4-10H2,1-3H3,(H,27,33)(H,28,38)(H,42,43)(H,44,45)(H2,26,29,30)(H2,39,40,41)/p-4/t13-,18-,19-,20+,24-/m1/s1. The fourth-order valence-electron chi connectivity index (χ4n) is 4.51. The lowest BCUT2D eigenvalue weighted by Gasteiger charge is -2.36. The highest BCUT2D eigenvalue weighted by Crippen LogP contribution is 2.56. The first-order valence-corrected chi connectivity index (χ1v) is 20.9. The Morgan fingerprint density at radius 3 is 2.40 bits per heavy atom. The number of carbonyl (C=O) groups is 4. The van der Waals surface area contributed by atoms with E-state index < -0.39 is 102 Å². The number of hydrogen-bond donors (Lipinski definition) is 5. The Labute approximate surface area is 315 Å². The van der Waals surface area contributed by atoms with E-state index >= 15 is 0 Å². The number of anilines is 1. The molecule has 0 aromatic carbocycles. The summed E-state index contributed by atoms with van der Waals surface area (Å²) in [6, 6.07) is 0.